The molecule has 1 N–H and O–H groups in total. The van der Waals surface area contributed by atoms with Gasteiger partial charge in [-0.25, -0.2) is 0 Å². The molecule has 4 heteroatoms. The van der Waals surface area contributed by atoms with Gasteiger partial charge in [-0.2, -0.15) is 0 Å². The van der Waals surface area contributed by atoms with Crippen molar-refractivity contribution in [3.05, 3.63) is 71.8 Å². The molecule has 27 heavy (non-hydrogen) atoms. The summed E-state index contributed by atoms with van der Waals surface area (Å²) in [6.07, 6.45) is 2.02. The van der Waals surface area contributed by atoms with Crippen molar-refractivity contribution in [1.29, 1.82) is 0 Å². The van der Waals surface area contributed by atoms with Crippen molar-refractivity contribution >= 4 is 16.7 Å². The van der Waals surface area contributed by atoms with Crippen LogP contribution in [-0.2, 0) is 17.8 Å². The Kier molecular flexibility index (Phi) is 5.24. The number of hydrogen-bond acceptors (Lipinski definition) is 3. The lowest BCUT2D eigenvalue weighted by Crippen LogP contribution is -2.22. The summed E-state index contributed by atoms with van der Waals surface area (Å²) >= 11 is 0. The molecule has 0 spiro atoms. The van der Waals surface area contributed by atoms with Crippen LogP contribution in [-0.4, -0.2) is 19.1 Å². The number of fused-ring (bicyclic) bond motifs is 2. The van der Waals surface area contributed by atoms with Crippen LogP contribution in [0.25, 0.3) is 10.8 Å². The van der Waals surface area contributed by atoms with Crippen molar-refractivity contribution in [2.75, 3.05) is 13.2 Å². The lowest BCUT2D eigenvalue weighted by Gasteiger charge is -2.10. The van der Waals surface area contributed by atoms with Crippen LogP contribution >= 0.6 is 0 Å². The standard InChI is InChI=1S/C23H23NO3/c25-23(24-16-18-6-9-19-4-1-2-5-20(19)14-18)11-8-17-7-10-21-22(15-17)27-13-3-12-26-21/h1-2,4-7,9-10,14-15H,3,8,11-13,16H2,(H,24,25). The zero-order valence-electron chi connectivity index (χ0n) is 15.2. The lowest BCUT2D eigenvalue weighted by molar-refractivity contribution is -0.121. The predicted octanol–water partition coefficient (Wildman–Crippen LogP) is 4.25. The first kappa shape index (κ1) is 17.4. The van der Waals surface area contributed by atoms with E-state index in [9.17, 15) is 4.79 Å². The molecular weight excluding hydrogens is 338 g/mol. The molecule has 0 unspecified atom stereocenters. The smallest absolute Gasteiger partial charge is 0.220 e. The number of rotatable bonds is 5. The first-order valence-electron chi connectivity index (χ1n) is 9.41. The van der Waals surface area contributed by atoms with Gasteiger partial charge in [0.2, 0.25) is 5.91 Å². The Morgan fingerprint density at radius 3 is 2.52 bits per heavy atom. The largest absolute Gasteiger partial charge is 0.490 e. The summed E-state index contributed by atoms with van der Waals surface area (Å²) in [5.74, 6) is 1.62. The number of benzene rings is 3. The van der Waals surface area contributed by atoms with Gasteiger partial charge < -0.3 is 14.8 Å². The van der Waals surface area contributed by atoms with Gasteiger partial charge in [-0.1, -0.05) is 42.5 Å². The van der Waals surface area contributed by atoms with E-state index in [1.165, 1.54) is 10.8 Å². The third-order valence-electron chi connectivity index (χ3n) is 4.76. The fourth-order valence-corrected chi connectivity index (χ4v) is 3.26. The van der Waals surface area contributed by atoms with Gasteiger partial charge in [-0.3, -0.25) is 4.79 Å². The van der Waals surface area contributed by atoms with E-state index in [1.807, 2.05) is 30.3 Å². The number of ether oxygens (including phenoxy) is 2. The normalized spacial score (nSPS) is 13.2. The molecule has 0 bridgehead atoms. The molecule has 1 aliphatic rings. The number of carbonyl (C=O) groups excluding carboxylic acids is 1. The summed E-state index contributed by atoms with van der Waals surface area (Å²) in [7, 11) is 0. The van der Waals surface area contributed by atoms with Crippen LogP contribution in [0.2, 0.25) is 0 Å². The molecule has 0 atom stereocenters. The van der Waals surface area contributed by atoms with Gasteiger partial charge in [0.05, 0.1) is 13.2 Å². The van der Waals surface area contributed by atoms with E-state index in [4.69, 9.17) is 9.47 Å². The first-order valence-corrected chi connectivity index (χ1v) is 9.41. The van der Waals surface area contributed by atoms with Crippen LogP contribution < -0.4 is 14.8 Å². The van der Waals surface area contributed by atoms with Crippen molar-refractivity contribution in [2.45, 2.75) is 25.8 Å². The summed E-state index contributed by atoms with van der Waals surface area (Å²) in [5.41, 5.74) is 2.19. The van der Waals surface area contributed by atoms with Crippen molar-refractivity contribution in [3.63, 3.8) is 0 Å². The molecule has 4 rings (SSSR count). The minimum absolute atomic E-state index is 0.0512. The summed E-state index contributed by atoms with van der Waals surface area (Å²) in [4.78, 5) is 12.2. The highest BCUT2D eigenvalue weighted by Crippen LogP contribution is 2.30. The third-order valence-corrected chi connectivity index (χ3v) is 4.76. The Hall–Kier alpha value is -3.01. The minimum Gasteiger partial charge on any atom is -0.490 e. The van der Waals surface area contributed by atoms with E-state index in [0.717, 1.165) is 29.0 Å². The molecule has 4 nitrogen and oxygen atoms in total. The van der Waals surface area contributed by atoms with Crippen molar-refractivity contribution in [3.8, 4) is 11.5 Å². The predicted molar refractivity (Wildman–Crippen MR) is 106 cm³/mol. The van der Waals surface area contributed by atoms with Crippen LogP contribution in [0.3, 0.4) is 0 Å². The highest BCUT2D eigenvalue weighted by Gasteiger charge is 2.11. The molecule has 0 saturated carbocycles. The van der Waals surface area contributed by atoms with Gasteiger partial charge in [0.1, 0.15) is 0 Å². The zero-order valence-corrected chi connectivity index (χ0v) is 15.2. The fourth-order valence-electron chi connectivity index (χ4n) is 3.26. The van der Waals surface area contributed by atoms with Crippen molar-refractivity contribution in [2.24, 2.45) is 0 Å². The first-order chi connectivity index (χ1) is 13.3. The minimum atomic E-state index is 0.0512. The average Bonchev–Trinajstić information content (AvgIpc) is 2.95. The number of hydrogen-bond donors (Lipinski definition) is 1. The SMILES string of the molecule is O=C(CCc1ccc2c(c1)OCCCO2)NCc1ccc2ccccc2c1. The van der Waals surface area contributed by atoms with E-state index < -0.39 is 0 Å². The quantitative estimate of drug-likeness (QED) is 0.739. The molecule has 1 heterocycles. The highest BCUT2D eigenvalue weighted by atomic mass is 16.5. The zero-order chi connectivity index (χ0) is 18.5. The van der Waals surface area contributed by atoms with Gasteiger partial charge >= 0.3 is 0 Å². The molecule has 0 saturated heterocycles. The Morgan fingerprint density at radius 2 is 1.63 bits per heavy atom. The van der Waals surface area contributed by atoms with E-state index in [-0.39, 0.29) is 5.91 Å². The monoisotopic (exact) mass is 361 g/mol. The van der Waals surface area contributed by atoms with Crippen LogP contribution in [0, 0.1) is 0 Å². The lowest BCUT2D eigenvalue weighted by atomic mass is 10.1. The molecule has 3 aromatic rings. The maximum atomic E-state index is 12.2. The van der Waals surface area contributed by atoms with Crippen LogP contribution in [0.5, 0.6) is 11.5 Å². The number of nitrogens with one attached hydrogen (secondary N) is 1. The maximum absolute atomic E-state index is 12.2. The van der Waals surface area contributed by atoms with Crippen LogP contribution in [0.4, 0.5) is 0 Å². The highest BCUT2D eigenvalue weighted by molar-refractivity contribution is 5.83. The molecule has 138 valence electrons. The van der Waals surface area contributed by atoms with Gasteiger partial charge in [0.25, 0.3) is 0 Å². The number of amides is 1. The van der Waals surface area contributed by atoms with Crippen LogP contribution in [0.15, 0.2) is 60.7 Å². The van der Waals surface area contributed by atoms with E-state index >= 15 is 0 Å². The van der Waals surface area contributed by atoms with E-state index in [2.05, 4.69) is 35.6 Å². The Bertz CT molecular complexity index is 951. The molecule has 1 amide bonds. The topological polar surface area (TPSA) is 47.6 Å². The van der Waals surface area contributed by atoms with Crippen molar-refractivity contribution in [1.82, 2.24) is 5.32 Å². The van der Waals surface area contributed by atoms with E-state index in [1.54, 1.807) is 0 Å². The summed E-state index contributed by atoms with van der Waals surface area (Å²) in [6.45, 7) is 1.90. The second kappa shape index (κ2) is 8.12. The molecule has 0 aliphatic carbocycles. The average molecular weight is 361 g/mol. The van der Waals surface area contributed by atoms with Gasteiger partial charge in [-0.05, 0) is 46.5 Å². The van der Waals surface area contributed by atoms with Crippen molar-refractivity contribution < 1.29 is 14.3 Å². The maximum Gasteiger partial charge on any atom is 0.220 e. The Labute approximate surface area is 159 Å². The fraction of sp³-hybridized carbons (Fsp3) is 0.261. The molecule has 0 aromatic heterocycles. The second-order valence-electron chi connectivity index (χ2n) is 6.79. The molecular formula is C23H23NO3. The van der Waals surface area contributed by atoms with Gasteiger partial charge in [-0.15, -0.1) is 0 Å². The Balaban J connectivity index is 1.31. The molecule has 1 aliphatic heterocycles. The molecule has 0 radical (unpaired) electrons. The van der Waals surface area contributed by atoms with E-state index in [0.29, 0.717) is 32.6 Å². The molecule has 3 aromatic carbocycles. The third kappa shape index (κ3) is 4.40. The van der Waals surface area contributed by atoms with Gasteiger partial charge in [0.15, 0.2) is 11.5 Å². The number of aryl methyl sites for hydroxylation is 1. The second-order valence-corrected chi connectivity index (χ2v) is 6.79. The summed E-state index contributed by atoms with van der Waals surface area (Å²) in [6, 6.07) is 20.4. The van der Waals surface area contributed by atoms with Crippen LogP contribution in [0.1, 0.15) is 24.0 Å². The Morgan fingerprint density at radius 1 is 0.852 bits per heavy atom. The molecule has 0 fully saturated rings. The number of carbonyl (C=O) groups is 1. The summed E-state index contributed by atoms with van der Waals surface area (Å²) in [5, 5.41) is 5.41. The summed E-state index contributed by atoms with van der Waals surface area (Å²) < 4.78 is 11.4. The van der Waals surface area contributed by atoms with Gasteiger partial charge in [0, 0.05) is 19.4 Å².